The van der Waals surface area contributed by atoms with Gasteiger partial charge in [0.2, 0.25) is 0 Å². The average molecular weight is 242 g/mol. The van der Waals surface area contributed by atoms with E-state index < -0.39 is 0 Å². The van der Waals surface area contributed by atoms with Crippen LogP contribution >= 0.6 is 11.8 Å². The third kappa shape index (κ3) is 2.93. The van der Waals surface area contributed by atoms with Crippen LogP contribution in [-0.4, -0.2) is 48.1 Å². The summed E-state index contributed by atoms with van der Waals surface area (Å²) in [7, 11) is 2.31. The quantitative estimate of drug-likeness (QED) is 0.797. The highest BCUT2D eigenvalue weighted by molar-refractivity contribution is 7.99. The molecule has 2 heterocycles. The molecule has 0 radical (unpaired) electrons. The van der Waals surface area contributed by atoms with Crippen molar-refractivity contribution in [2.45, 2.75) is 62.4 Å². The lowest BCUT2D eigenvalue weighted by Crippen LogP contribution is -2.47. The minimum Gasteiger partial charge on any atom is -0.314 e. The zero-order valence-electron chi connectivity index (χ0n) is 10.9. The minimum absolute atomic E-state index is 0.794. The van der Waals surface area contributed by atoms with E-state index in [9.17, 15) is 0 Å². The largest absolute Gasteiger partial charge is 0.314 e. The van der Waals surface area contributed by atoms with Crippen LogP contribution in [0.1, 0.15) is 39.0 Å². The van der Waals surface area contributed by atoms with E-state index in [0.717, 1.165) is 23.4 Å². The standard InChI is InChI=1S/C13H26N2S/c1-10(16-3)6-7-14-11-8-12-4-5-13(9-11)15(12)2/h10-14H,4-9H2,1-3H3. The van der Waals surface area contributed by atoms with Gasteiger partial charge in [-0.2, -0.15) is 11.8 Å². The first-order chi connectivity index (χ1) is 7.70. The maximum absolute atomic E-state index is 3.77. The highest BCUT2D eigenvalue weighted by Crippen LogP contribution is 2.34. The van der Waals surface area contributed by atoms with E-state index in [1.807, 2.05) is 11.8 Å². The summed E-state index contributed by atoms with van der Waals surface area (Å²) in [5.74, 6) is 0. The van der Waals surface area contributed by atoms with Crippen molar-refractivity contribution in [2.24, 2.45) is 0 Å². The Morgan fingerprint density at radius 3 is 2.50 bits per heavy atom. The molecule has 3 atom stereocenters. The molecule has 2 aliphatic heterocycles. The van der Waals surface area contributed by atoms with E-state index in [1.165, 1.54) is 38.6 Å². The molecule has 2 aliphatic rings. The molecule has 2 nitrogen and oxygen atoms in total. The third-order valence-corrected chi connectivity index (χ3v) is 5.52. The molecule has 16 heavy (non-hydrogen) atoms. The molecular formula is C13H26N2S. The topological polar surface area (TPSA) is 15.3 Å². The van der Waals surface area contributed by atoms with Gasteiger partial charge >= 0.3 is 0 Å². The van der Waals surface area contributed by atoms with Crippen LogP contribution in [0.4, 0.5) is 0 Å². The van der Waals surface area contributed by atoms with Crippen LogP contribution in [0.15, 0.2) is 0 Å². The maximum atomic E-state index is 3.77. The van der Waals surface area contributed by atoms with Crippen LogP contribution in [0.25, 0.3) is 0 Å². The average Bonchev–Trinajstić information content (AvgIpc) is 2.53. The van der Waals surface area contributed by atoms with Crippen molar-refractivity contribution in [1.82, 2.24) is 10.2 Å². The number of piperidine rings is 1. The molecule has 0 amide bonds. The second-order valence-electron chi connectivity index (χ2n) is 5.51. The first-order valence-electron chi connectivity index (χ1n) is 6.68. The molecule has 1 N–H and O–H groups in total. The van der Waals surface area contributed by atoms with E-state index in [1.54, 1.807) is 0 Å². The van der Waals surface area contributed by atoms with E-state index in [-0.39, 0.29) is 0 Å². The van der Waals surface area contributed by atoms with Crippen molar-refractivity contribution in [2.75, 3.05) is 19.8 Å². The lowest BCUT2D eigenvalue weighted by atomic mass is 9.98. The summed E-state index contributed by atoms with van der Waals surface area (Å²) in [5.41, 5.74) is 0. The van der Waals surface area contributed by atoms with Crippen molar-refractivity contribution in [3.05, 3.63) is 0 Å². The second kappa shape index (κ2) is 5.74. The summed E-state index contributed by atoms with van der Waals surface area (Å²) in [6.07, 6.45) is 9.13. The molecule has 0 saturated carbocycles. The lowest BCUT2D eigenvalue weighted by Gasteiger charge is -2.36. The van der Waals surface area contributed by atoms with Gasteiger partial charge < -0.3 is 10.2 Å². The number of hydrogen-bond acceptors (Lipinski definition) is 3. The first-order valence-corrected chi connectivity index (χ1v) is 7.97. The molecule has 0 spiro atoms. The highest BCUT2D eigenvalue weighted by Gasteiger charge is 2.37. The molecule has 2 saturated heterocycles. The summed E-state index contributed by atoms with van der Waals surface area (Å²) in [6.45, 7) is 3.53. The Hall–Kier alpha value is 0.270. The fraction of sp³-hybridized carbons (Fsp3) is 1.00. The zero-order valence-corrected chi connectivity index (χ0v) is 11.7. The summed E-state index contributed by atoms with van der Waals surface area (Å²) in [6, 6.07) is 2.53. The lowest BCUT2D eigenvalue weighted by molar-refractivity contribution is 0.149. The van der Waals surface area contributed by atoms with Gasteiger partial charge in [-0.05, 0) is 52.0 Å². The van der Waals surface area contributed by atoms with Gasteiger partial charge in [0.25, 0.3) is 0 Å². The van der Waals surface area contributed by atoms with Crippen LogP contribution in [0.2, 0.25) is 0 Å². The van der Waals surface area contributed by atoms with Gasteiger partial charge in [0.15, 0.2) is 0 Å². The molecule has 0 aromatic heterocycles. The molecule has 94 valence electrons. The Bertz CT molecular complexity index is 208. The highest BCUT2D eigenvalue weighted by atomic mass is 32.2. The zero-order chi connectivity index (χ0) is 11.5. The molecular weight excluding hydrogens is 216 g/mol. The van der Waals surface area contributed by atoms with Crippen LogP contribution in [0, 0.1) is 0 Å². The Kier molecular flexibility index (Phi) is 4.57. The minimum atomic E-state index is 0.794. The Morgan fingerprint density at radius 2 is 1.94 bits per heavy atom. The van der Waals surface area contributed by atoms with Crippen LogP contribution in [0.3, 0.4) is 0 Å². The SMILES string of the molecule is CSC(C)CCNC1CC2CCC(C1)N2C. The predicted octanol–water partition coefficient (Wildman–Crippen LogP) is 2.34. The summed E-state index contributed by atoms with van der Waals surface area (Å²) in [4.78, 5) is 2.61. The van der Waals surface area contributed by atoms with Gasteiger partial charge in [0.05, 0.1) is 0 Å². The summed E-state index contributed by atoms with van der Waals surface area (Å²) < 4.78 is 0. The van der Waals surface area contributed by atoms with Crippen molar-refractivity contribution in [1.29, 1.82) is 0 Å². The van der Waals surface area contributed by atoms with Gasteiger partial charge in [-0.25, -0.2) is 0 Å². The first kappa shape index (κ1) is 12.7. The van der Waals surface area contributed by atoms with Crippen LogP contribution in [-0.2, 0) is 0 Å². The molecule has 2 fully saturated rings. The number of rotatable bonds is 5. The molecule has 0 aromatic rings. The monoisotopic (exact) mass is 242 g/mol. The number of nitrogens with zero attached hydrogens (tertiary/aromatic N) is 1. The second-order valence-corrected chi connectivity index (χ2v) is 6.78. The molecule has 2 bridgehead atoms. The molecule has 0 aliphatic carbocycles. The van der Waals surface area contributed by atoms with E-state index >= 15 is 0 Å². The van der Waals surface area contributed by atoms with Gasteiger partial charge in [-0.3, -0.25) is 0 Å². The van der Waals surface area contributed by atoms with Crippen molar-refractivity contribution in [3.8, 4) is 0 Å². The number of fused-ring (bicyclic) bond motifs is 2. The van der Waals surface area contributed by atoms with E-state index in [4.69, 9.17) is 0 Å². The number of nitrogens with one attached hydrogen (secondary N) is 1. The number of hydrogen-bond donors (Lipinski definition) is 1. The molecule has 3 unspecified atom stereocenters. The van der Waals surface area contributed by atoms with Gasteiger partial charge in [0, 0.05) is 23.4 Å². The van der Waals surface area contributed by atoms with Gasteiger partial charge in [-0.15, -0.1) is 0 Å². The summed E-state index contributed by atoms with van der Waals surface area (Å²) >= 11 is 1.98. The predicted molar refractivity (Wildman–Crippen MR) is 73.2 cm³/mol. The van der Waals surface area contributed by atoms with Crippen molar-refractivity contribution in [3.63, 3.8) is 0 Å². The fourth-order valence-electron chi connectivity index (χ4n) is 3.19. The van der Waals surface area contributed by atoms with Crippen LogP contribution in [0.5, 0.6) is 0 Å². The smallest absolute Gasteiger partial charge is 0.0111 e. The normalized spacial score (nSPS) is 36.6. The maximum Gasteiger partial charge on any atom is 0.0111 e. The Balaban J connectivity index is 1.68. The fourth-order valence-corrected chi connectivity index (χ4v) is 3.54. The van der Waals surface area contributed by atoms with E-state index in [0.29, 0.717) is 0 Å². The molecule has 0 aromatic carbocycles. The van der Waals surface area contributed by atoms with Gasteiger partial charge in [0.1, 0.15) is 0 Å². The Labute approximate surface area is 105 Å². The van der Waals surface area contributed by atoms with Crippen molar-refractivity contribution < 1.29 is 0 Å². The molecule has 3 heteroatoms. The number of thioether (sulfide) groups is 1. The Morgan fingerprint density at radius 1 is 1.31 bits per heavy atom. The van der Waals surface area contributed by atoms with E-state index in [2.05, 4.69) is 30.4 Å². The van der Waals surface area contributed by atoms with Gasteiger partial charge in [-0.1, -0.05) is 6.92 Å². The molecule has 2 rings (SSSR count). The summed E-state index contributed by atoms with van der Waals surface area (Å²) in [5, 5.41) is 4.57. The van der Waals surface area contributed by atoms with Crippen molar-refractivity contribution >= 4 is 11.8 Å². The van der Waals surface area contributed by atoms with Crippen LogP contribution < -0.4 is 5.32 Å². The third-order valence-electron chi connectivity index (χ3n) is 4.48.